The number of hydrogen-bond acceptors (Lipinski definition) is 3. The fourth-order valence-electron chi connectivity index (χ4n) is 1.64. The summed E-state index contributed by atoms with van der Waals surface area (Å²) in [6.45, 7) is 9.50. The fraction of sp³-hybridized carbons (Fsp3) is 0.818. The molecule has 1 rings (SSSR count). The van der Waals surface area contributed by atoms with Crippen molar-refractivity contribution in [3.63, 3.8) is 0 Å². The Morgan fingerprint density at radius 2 is 2.43 bits per heavy atom. The first-order valence-electron chi connectivity index (χ1n) is 5.20. The predicted molar refractivity (Wildman–Crippen MR) is 55.2 cm³/mol. The molecule has 1 aliphatic heterocycles. The standard InChI is InChI=1S/C11H20O3/c1-4-6-11(3)13-9-10(14-11)8-12-7-5-2/h5,10H,2,4,6-9H2,1,3H3. The summed E-state index contributed by atoms with van der Waals surface area (Å²) in [4.78, 5) is 0. The summed E-state index contributed by atoms with van der Waals surface area (Å²) in [6.07, 6.45) is 3.81. The van der Waals surface area contributed by atoms with Gasteiger partial charge in [-0.3, -0.25) is 0 Å². The zero-order chi connectivity index (χ0) is 10.4. The van der Waals surface area contributed by atoms with Crippen LogP contribution in [0.25, 0.3) is 0 Å². The van der Waals surface area contributed by atoms with Gasteiger partial charge in [-0.25, -0.2) is 0 Å². The van der Waals surface area contributed by atoms with Crippen molar-refractivity contribution in [3.8, 4) is 0 Å². The van der Waals surface area contributed by atoms with Crippen LogP contribution in [-0.4, -0.2) is 31.7 Å². The van der Waals surface area contributed by atoms with Crippen LogP contribution in [-0.2, 0) is 14.2 Å². The van der Waals surface area contributed by atoms with Crippen LogP contribution < -0.4 is 0 Å². The zero-order valence-electron chi connectivity index (χ0n) is 9.12. The Morgan fingerprint density at radius 1 is 1.64 bits per heavy atom. The first-order chi connectivity index (χ1) is 6.70. The Kier molecular flexibility index (Phi) is 4.58. The lowest BCUT2D eigenvalue weighted by molar-refractivity contribution is -0.163. The van der Waals surface area contributed by atoms with Gasteiger partial charge in [-0.2, -0.15) is 0 Å². The van der Waals surface area contributed by atoms with E-state index in [9.17, 15) is 0 Å². The molecule has 2 unspecified atom stereocenters. The third kappa shape index (κ3) is 3.40. The van der Waals surface area contributed by atoms with Crippen LogP contribution in [0.5, 0.6) is 0 Å². The smallest absolute Gasteiger partial charge is 0.166 e. The van der Waals surface area contributed by atoms with E-state index in [4.69, 9.17) is 14.2 Å². The summed E-state index contributed by atoms with van der Waals surface area (Å²) in [5, 5.41) is 0. The summed E-state index contributed by atoms with van der Waals surface area (Å²) in [5.41, 5.74) is 0. The van der Waals surface area contributed by atoms with Crippen LogP contribution >= 0.6 is 0 Å². The van der Waals surface area contributed by atoms with Gasteiger partial charge in [-0.05, 0) is 6.92 Å². The number of ether oxygens (including phenoxy) is 3. The lowest BCUT2D eigenvalue weighted by Gasteiger charge is -2.22. The van der Waals surface area contributed by atoms with E-state index in [2.05, 4.69) is 13.5 Å². The van der Waals surface area contributed by atoms with Crippen molar-refractivity contribution in [1.82, 2.24) is 0 Å². The molecule has 0 spiro atoms. The minimum Gasteiger partial charge on any atom is -0.375 e. The SMILES string of the molecule is C=CCOCC1COC(C)(CCC)O1. The Bertz CT molecular complexity index is 181. The van der Waals surface area contributed by atoms with Gasteiger partial charge in [0.25, 0.3) is 0 Å². The van der Waals surface area contributed by atoms with Gasteiger partial charge in [0.05, 0.1) is 19.8 Å². The van der Waals surface area contributed by atoms with E-state index in [0.717, 1.165) is 12.8 Å². The molecular weight excluding hydrogens is 180 g/mol. The maximum absolute atomic E-state index is 5.75. The molecule has 3 heteroatoms. The molecule has 14 heavy (non-hydrogen) atoms. The molecule has 0 radical (unpaired) electrons. The molecule has 0 aromatic carbocycles. The summed E-state index contributed by atoms with van der Waals surface area (Å²) < 4.78 is 16.7. The van der Waals surface area contributed by atoms with Gasteiger partial charge < -0.3 is 14.2 Å². The Hall–Kier alpha value is -0.380. The largest absolute Gasteiger partial charge is 0.375 e. The third-order valence-corrected chi connectivity index (χ3v) is 2.23. The molecule has 2 atom stereocenters. The molecule has 0 amide bonds. The number of hydrogen-bond donors (Lipinski definition) is 0. The van der Waals surface area contributed by atoms with Crippen molar-refractivity contribution in [3.05, 3.63) is 12.7 Å². The molecule has 0 aromatic heterocycles. The highest BCUT2D eigenvalue weighted by Crippen LogP contribution is 2.27. The van der Waals surface area contributed by atoms with Crippen molar-refractivity contribution in [2.75, 3.05) is 19.8 Å². The summed E-state index contributed by atoms with van der Waals surface area (Å²) in [6, 6.07) is 0. The molecule has 0 N–H and O–H groups in total. The first-order valence-corrected chi connectivity index (χ1v) is 5.20. The van der Waals surface area contributed by atoms with E-state index in [1.165, 1.54) is 0 Å². The maximum Gasteiger partial charge on any atom is 0.166 e. The second-order valence-corrected chi connectivity index (χ2v) is 3.76. The fourth-order valence-corrected chi connectivity index (χ4v) is 1.64. The quantitative estimate of drug-likeness (QED) is 0.485. The van der Waals surface area contributed by atoms with Gasteiger partial charge in [0.15, 0.2) is 5.79 Å². The van der Waals surface area contributed by atoms with Crippen molar-refractivity contribution < 1.29 is 14.2 Å². The van der Waals surface area contributed by atoms with Gasteiger partial charge in [0.2, 0.25) is 0 Å². The summed E-state index contributed by atoms with van der Waals surface area (Å²) >= 11 is 0. The molecule has 1 fully saturated rings. The third-order valence-electron chi connectivity index (χ3n) is 2.23. The average Bonchev–Trinajstić information content (AvgIpc) is 2.49. The maximum atomic E-state index is 5.75. The minimum atomic E-state index is -0.392. The van der Waals surface area contributed by atoms with Crippen LogP contribution in [0.15, 0.2) is 12.7 Å². The molecule has 0 bridgehead atoms. The molecular formula is C11H20O3. The van der Waals surface area contributed by atoms with E-state index in [0.29, 0.717) is 19.8 Å². The highest BCUT2D eigenvalue weighted by atomic mass is 16.7. The van der Waals surface area contributed by atoms with Crippen molar-refractivity contribution in [1.29, 1.82) is 0 Å². The van der Waals surface area contributed by atoms with E-state index < -0.39 is 5.79 Å². The van der Waals surface area contributed by atoms with Gasteiger partial charge >= 0.3 is 0 Å². The van der Waals surface area contributed by atoms with Crippen LogP contribution in [0, 0.1) is 0 Å². The van der Waals surface area contributed by atoms with Gasteiger partial charge in [-0.1, -0.05) is 19.4 Å². The molecule has 82 valence electrons. The zero-order valence-corrected chi connectivity index (χ0v) is 9.12. The number of rotatable bonds is 6. The molecule has 3 nitrogen and oxygen atoms in total. The van der Waals surface area contributed by atoms with Crippen molar-refractivity contribution in [2.24, 2.45) is 0 Å². The van der Waals surface area contributed by atoms with Crippen molar-refractivity contribution >= 4 is 0 Å². The van der Waals surface area contributed by atoms with Gasteiger partial charge in [-0.15, -0.1) is 6.58 Å². The second-order valence-electron chi connectivity index (χ2n) is 3.76. The average molecular weight is 200 g/mol. The molecule has 0 aliphatic carbocycles. The van der Waals surface area contributed by atoms with E-state index in [1.807, 2.05) is 6.92 Å². The van der Waals surface area contributed by atoms with Crippen LogP contribution in [0.2, 0.25) is 0 Å². The lowest BCUT2D eigenvalue weighted by Crippen LogP contribution is -2.27. The van der Waals surface area contributed by atoms with E-state index in [1.54, 1.807) is 6.08 Å². The van der Waals surface area contributed by atoms with Crippen LogP contribution in [0.1, 0.15) is 26.7 Å². The van der Waals surface area contributed by atoms with Crippen molar-refractivity contribution in [2.45, 2.75) is 38.6 Å². The first kappa shape index (κ1) is 11.7. The molecule has 0 aromatic rings. The molecule has 1 heterocycles. The predicted octanol–water partition coefficient (Wildman–Crippen LogP) is 2.12. The monoisotopic (exact) mass is 200 g/mol. The van der Waals surface area contributed by atoms with Crippen LogP contribution in [0.4, 0.5) is 0 Å². The highest BCUT2D eigenvalue weighted by Gasteiger charge is 2.36. The molecule has 1 aliphatic rings. The molecule has 0 saturated carbocycles. The topological polar surface area (TPSA) is 27.7 Å². The summed E-state index contributed by atoms with van der Waals surface area (Å²) in [7, 11) is 0. The molecule has 1 saturated heterocycles. The lowest BCUT2D eigenvalue weighted by atomic mass is 10.2. The Morgan fingerprint density at radius 3 is 3.07 bits per heavy atom. The Labute approximate surface area is 86.0 Å². The normalized spacial score (nSPS) is 32.0. The Balaban J connectivity index is 2.22. The van der Waals surface area contributed by atoms with Gasteiger partial charge in [0.1, 0.15) is 6.10 Å². The van der Waals surface area contributed by atoms with Crippen LogP contribution in [0.3, 0.4) is 0 Å². The van der Waals surface area contributed by atoms with E-state index >= 15 is 0 Å². The highest BCUT2D eigenvalue weighted by molar-refractivity contribution is 4.75. The van der Waals surface area contributed by atoms with Gasteiger partial charge in [0, 0.05) is 6.42 Å². The van der Waals surface area contributed by atoms with E-state index in [-0.39, 0.29) is 6.10 Å². The summed E-state index contributed by atoms with van der Waals surface area (Å²) in [5.74, 6) is -0.392. The minimum absolute atomic E-state index is 0.0755. The second kappa shape index (κ2) is 5.49.